The number of rotatable bonds is 4. The minimum atomic E-state index is -2.27. The molecule has 0 aliphatic rings. The van der Waals surface area contributed by atoms with Crippen LogP contribution < -0.4 is 5.73 Å². The molecule has 0 saturated heterocycles. The van der Waals surface area contributed by atoms with E-state index in [-0.39, 0.29) is 0 Å². The van der Waals surface area contributed by atoms with Gasteiger partial charge < -0.3 is 26.2 Å². The SMILES string of the molecule is CC(N)CC(C)(C)C.O=C(O)C(O)C(O)C(=O)O. The van der Waals surface area contributed by atoms with E-state index in [0.717, 1.165) is 6.42 Å². The summed E-state index contributed by atoms with van der Waals surface area (Å²) in [6.45, 7) is 8.66. The summed E-state index contributed by atoms with van der Waals surface area (Å²) in [5.41, 5.74) is 5.98. The Labute approximate surface area is 106 Å². The molecule has 0 aromatic rings. The Morgan fingerprint density at radius 3 is 1.39 bits per heavy atom. The van der Waals surface area contributed by atoms with Gasteiger partial charge in [-0.15, -0.1) is 0 Å². The predicted molar refractivity (Wildman–Crippen MR) is 65.0 cm³/mol. The molecule has 0 bridgehead atoms. The molecule has 0 rings (SSSR count). The van der Waals surface area contributed by atoms with Gasteiger partial charge in [-0.2, -0.15) is 0 Å². The third-order valence-corrected chi connectivity index (χ3v) is 1.74. The van der Waals surface area contributed by atoms with Gasteiger partial charge in [0.25, 0.3) is 0 Å². The van der Waals surface area contributed by atoms with E-state index < -0.39 is 24.1 Å². The third kappa shape index (κ3) is 11.3. The highest BCUT2D eigenvalue weighted by atomic mass is 16.4. The first kappa shape index (κ1) is 19.2. The summed E-state index contributed by atoms with van der Waals surface area (Å²) in [6.07, 6.45) is -3.43. The lowest BCUT2D eigenvalue weighted by Crippen LogP contribution is -2.39. The number of carbonyl (C=O) groups is 2. The van der Waals surface area contributed by atoms with Crippen LogP contribution in [0.2, 0.25) is 0 Å². The maximum atomic E-state index is 9.77. The Morgan fingerprint density at radius 2 is 1.33 bits per heavy atom. The molecule has 18 heavy (non-hydrogen) atoms. The fourth-order valence-electron chi connectivity index (χ4n) is 1.24. The van der Waals surface area contributed by atoms with E-state index in [1.807, 2.05) is 6.92 Å². The molecule has 3 unspecified atom stereocenters. The standard InChI is InChI=1S/C7H17N.C4H6O6/c1-6(8)5-7(2,3)4;5-1(3(7)8)2(6)4(9)10/h6H,5,8H2,1-4H3;1-2,5-6H,(H,7,8)(H,9,10). The first-order chi connectivity index (χ1) is 7.88. The van der Waals surface area contributed by atoms with Crippen molar-refractivity contribution in [3.8, 4) is 0 Å². The predicted octanol–water partition coefficient (Wildman–Crippen LogP) is -0.353. The first-order valence-electron chi connectivity index (χ1n) is 5.46. The van der Waals surface area contributed by atoms with Crippen molar-refractivity contribution in [2.45, 2.75) is 52.4 Å². The quantitative estimate of drug-likeness (QED) is 0.467. The van der Waals surface area contributed by atoms with Crippen LogP contribution in [0.5, 0.6) is 0 Å². The van der Waals surface area contributed by atoms with Crippen molar-refractivity contribution in [1.29, 1.82) is 0 Å². The number of hydrogen-bond acceptors (Lipinski definition) is 5. The molecule has 0 amide bonds. The van der Waals surface area contributed by atoms with Crippen molar-refractivity contribution in [2.75, 3.05) is 0 Å². The summed E-state index contributed by atoms with van der Waals surface area (Å²) in [6, 6.07) is 0.343. The van der Waals surface area contributed by atoms with Crippen LogP contribution in [0.3, 0.4) is 0 Å². The van der Waals surface area contributed by atoms with Crippen molar-refractivity contribution in [3.05, 3.63) is 0 Å². The molecule has 6 N–H and O–H groups in total. The zero-order valence-electron chi connectivity index (χ0n) is 11.1. The summed E-state index contributed by atoms with van der Waals surface area (Å²) in [5.74, 6) is -3.54. The molecule has 0 aliphatic heterocycles. The normalized spacial score (nSPS) is 15.9. The lowest BCUT2D eigenvalue weighted by Gasteiger charge is -2.19. The van der Waals surface area contributed by atoms with Gasteiger partial charge in [0, 0.05) is 6.04 Å². The van der Waals surface area contributed by atoms with Gasteiger partial charge in [0.15, 0.2) is 12.2 Å². The number of nitrogens with two attached hydrogens (primary N) is 1. The zero-order chi connectivity index (χ0) is 15.1. The fraction of sp³-hybridized carbons (Fsp3) is 0.818. The van der Waals surface area contributed by atoms with Gasteiger partial charge >= 0.3 is 11.9 Å². The summed E-state index contributed by atoms with van der Waals surface area (Å²) in [5, 5.41) is 32.5. The van der Waals surface area contributed by atoms with Crippen LogP contribution in [0, 0.1) is 5.41 Å². The summed E-state index contributed by atoms with van der Waals surface area (Å²) in [4.78, 5) is 19.5. The maximum Gasteiger partial charge on any atom is 0.335 e. The lowest BCUT2D eigenvalue weighted by atomic mass is 9.89. The van der Waals surface area contributed by atoms with E-state index in [2.05, 4.69) is 20.8 Å². The minimum absolute atomic E-state index is 0.343. The van der Waals surface area contributed by atoms with Gasteiger partial charge in [-0.1, -0.05) is 20.8 Å². The van der Waals surface area contributed by atoms with Gasteiger partial charge in [-0.05, 0) is 18.8 Å². The highest BCUT2D eigenvalue weighted by molar-refractivity contribution is 5.83. The van der Waals surface area contributed by atoms with E-state index in [0.29, 0.717) is 11.5 Å². The molecule has 0 radical (unpaired) electrons. The van der Waals surface area contributed by atoms with Gasteiger partial charge in [0.05, 0.1) is 0 Å². The third-order valence-electron chi connectivity index (χ3n) is 1.74. The van der Waals surface area contributed by atoms with Crippen LogP contribution in [-0.4, -0.2) is 50.6 Å². The van der Waals surface area contributed by atoms with Crippen molar-refractivity contribution < 1.29 is 30.0 Å². The molecule has 3 atom stereocenters. The molecular formula is C11H23NO6. The largest absolute Gasteiger partial charge is 0.479 e. The molecule has 0 aliphatic carbocycles. The topological polar surface area (TPSA) is 141 Å². The molecule has 0 aromatic carbocycles. The average Bonchev–Trinajstić information content (AvgIpc) is 2.11. The number of carboxylic acid groups (broad SMARTS) is 2. The number of hydrogen-bond donors (Lipinski definition) is 5. The minimum Gasteiger partial charge on any atom is -0.479 e. The van der Waals surface area contributed by atoms with Crippen LogP contribution in [-0.2, 0) is 9.59 Å². The Morgan fingerprint density at radius 1 is 1.06 bits per heavy atom. The molecule has 0 heterocycles. The van der Waals surface area contributed by atoms with Gasteiger partial charge in [-0.25, -0.2) is 9.59 Å². The number of carboxylic acids is 2. The fourth-order valence-corrected chi connectivity index (χ4v) is 1.24. The van der Waals surface area contributed by atoms with E-state index >= 15 is 0 Å². The van der Waals surface area contributed by atoms with Crippen LogP contribution >= 0.6 is 0 Å². The maximum absolute atomic E-state index is 9.77. The van der Waals surface area contributed by atoms with E-state index in [9.17, 15) is 9.59 Å². The number of aliphatic carboxylic acids is 2. The Bertz CT molecular complexity index is 253. The Hall–Kier alpha value is -1.18. The molecule has 0 aromatic heterocycles. The van der Waals surface area contributed by atoms with Crippen molar-refractivity contribution >= 4 is 11.9 Å². The van der Waals surface area contributed by atoms with Crippen molar-refractivity contribution in [2.24, 2.45) is 11.1 Å². The van der Waals surface area contributed by atoms with Gasteiger partial charge in [0.2, 0.25) is 0 Å². The smallest absolute Gasteiger partial charge is 0.335 e. The molecule has 0 spiro atoms. The zero-order valence-corrected chi connectivity index (χ0v) is 11.1. The molecule has 7 nitrogen and oxygen atoms in total. The molecule has 0 fully saturated rings. The van der Waals surface area contributed by atoms with E-state index in [1.54, 1.807) is 0 Å². The van der Waals surface area contributed by atoms with Crippen LogP contribution in [0.25, 0.3) is 0 Å². The second-order valence-electron chi connectivity index (χ2n) is 5.31. The Balaban J connectivity index is 0. The highest BCUT2D eigenvalue weighted by Crippen LogP contribution is 2.19. The molecule has 108 valence electrons. The molecule has 7 heteroatoms. The first-order valence-corrected chi connectivity index (χ1v) is 5.46. The van der Waals surface area contributed by atoms with E-state index in [1.165, 1.54) is 0 Å². The van der Waals surface area contributed by atoms with Crippen molar-refractivity contribution in [1.82, 2.24) is 0 Å². The average molecular weight is 265 g/mol. The van der Waals surface area contributed by atoms with Crippen LogP contribution in [0.1, 0.15) is 34.1 Å². The van der Waals surface area contributed by atoms with Crippen LogP contribution in [0.15, 0.2) is 0 Å². The summed E-state index contributed by atoms with van der Waals surface area (Å²) in [7, 11) is 0. The van der Waals surface area contributed by atoms with Gasteiger partial charge in [-0.3, -0.25) is 0 Å². The van der Waals surface area contributed by atoms with Crippen LogP contribution in [0.4, 0.5) is 0 Å². The van der Waals surface area contributed by atoms with Gasteiger partial charge in [0.1, 0.15) is 0 Å². The highest BCUT2D eigenvalue weighted by Gasteiger charge is 2.29. The summed E-state index contributed by atoms with van der Waals surface area (Å²) >= 11 is 0. The van der Waals surface area contributed by atoms with Crippen molar-refractivity contribution in [3.63, 3.8) is 0 Å². The lowest BCUT2D eigenvalue weighted by molar-refractivity contribution is -0.165. The second kappa shape index (κ2) is 8.02. The number of aliphatic hydroxyl groups excluding tert-OH is 2. The monoisotopic (exact) mass is 265 g/mol. The second-order valence-corrected chi connectivity index (χ2v) is 5.31. The van der Waals surface area contributed by atoms with E-state index in [4.69, 9.17) is 26.2 Å². The molecular weight excluding hydrogens is 242 g/mol. The summed E-state index contributed by atoms with van der Waals surface area (Å²) < 4.78 is 0. The number of aliphatic hydroxyl groups is 2. The molecule has 0 saturated carbocycles. The Kier molecular flexibility index (Phi) is 8.54.